The average Bonchev–Trinajstić information content (AvgIpc) is 3.24. The van der Waals surface area contributed by atoms with Gasteiger partial charge in [-0.3, -0.25) is 9.59 Å². The van der Waals surface area contributed by atoms with E-state index in [9.17, 15) is 9.59 Å². The summed E-state index contributed by atoms with van der Waals surface area (Å²) in [5.41, 5.74) is 1.52. The van der Waals surface area contributed by atoms with Crippen molar-refractivity contribution in [2.24, 2.45) is 46.8 Å². The minimum Gasteiger partial charge on any atom is -0.458 e. The van der Waals surface area contributed by atoms with Gasteiger partial charge in [-0.2, -0.15) is 0 Å². The van der Waals surface area contributed by atoms with E-state index in [2.05, 4.69) is 13.8 Å². The first-order valence-corrected chi connectivity index (χ1v) is 10.9. The number of carbonyl (C=O) groups excluding carboxylic acids is 2. The van der Waals surface area contributed by atoms with Crippen molar-refractivity contribution in [3.63, 3.8) is 0 Å². The summed E-state index contributed by atoms with van der Waals surface area (Å²) < 4.78 is 6.18. The van der Waals surface area contributed by atoms with Crippen molar-refractivity contribution in [2.45, 2.75) is 70.8 Å². The molecule has 5 aliphatic carbocycles. The second-order valence-electron chi connectivity index (χ2n) is 10.6. The Labute approximate surface area is 155 Å². The van der Waals surface area contributed by atoms with Crippen LogP contribution in [0.4, 0.5) is 0 Å². The van der Waals surface area contributed by atoms with Gasteiger partial charge >= 0.3 is 5.97 Å². The largest absolute Gasteiger partial charge is 0.458 e. The molecule has 0 amide bonds. The Kier molecular flexibility index (Phi) is 2.95. The summed E-state index contributed by atoms with van der Waals surface area (Å²) in [4.78, 5) is 24.0. The third kappa shape index (κ3) is 1.72. The van der Waals surface area contributed by atoms with Gasteiger partial charge in [-0.25, -0.2) is 0 Å². The molecule has 3 heteroatoms. The monoisotopic (exact) mass is 354 g/mol. The van der Waals surface area contributed by atoms with Gasteiger partial charge in [0.1, 0.15) is 5.60 Å². The zero-order chi connectivity index (χ0) is 17.8. The van der Waals surface area contributed by atoms with Gasteiger partial charge in [-0.05, 0) is 80.1 Å². The second-order valence-corrected chi connectivity index (χ2v) is 10.6. The maximum Gasteiger partial charge on any atom is 0.306 e. The van der Waals surface area contributed by atoms with Crippen LogP contribution in [0.5, 0.6) is 0 Å². The molecule has 0 radical (unpaired) electrons. The highest BCUT2D eigenvalue weighted by Crippen LogP contribution is 2.78. The molecule has 6 unspecified atom stereocenters. The SMILES string of the molecule is C[C@@H]1CC2=CC(=O)CCC2C2CCC3(C)C(C21)C1C[C@H]1[C@@]31CCC(=O)O1. The van der Waals surface area contributed by atoms with Crippen LogP contribution in [0.3, 0.4) is 0 Å². The molecule has 4 saturated carbocycles. The van der Waals surface area contributed by atoms with Crippen molar-refractivity contribution in [2.75, 3.05) is 0 Å². The fraction of sp³-hybridized carbons (Fsp3) is 0.826. The number of ketones is 1. The molecule has 6 aliphatic rings. The fourth-order valence-electron chi connectivity index (χ4n) is 8.92. The first kappa shape index (κ1) is 15.9. The van der Waals surface area contributed by atoms with Crippen LogP contribution >= 0.6 is 0 Å². The number of hydrogen-bond acceptors (Lipinski definition) is 3. The molecule has 6 rings (SSSR count). The molecule has 0 N–H and O–H groups in total. The summed E-state index contributed by atoms with van der Waals surface area (Å²) in [7, 11) is 0. The predicted octanol–water partition coefficient (Wildman–Crippen LogP) is 4.31. The number of esters is 1. The smallest absolute Gasteiger partial charge is 0.306 e. The van der Waals surface area contributed by atoms with Gasteiger partial charge in [0.2, 0.25) is 0 Å². The minimum absolute atomic E-state index is 0.0485. The van der Waals surface area contributed by atoms with Gasteiger partial charge in [-0.15, -0.1) is 0 Å². The first-order valence-electron chi connectivity index (χ1n) is 10.9. The van der Waals surface area contributed by atoms with Crippen LogP contribution in [0.25, 0.3) is 0 Å². The summed E-state index contributed by atoms with van der Waals surface area (Å²) in [5, 5.41) is 0. The summed E-state index contributed by atoms with van der Waals surface area (Å²) in [5.74, 6) is 5.38. The molecular formula is C23H30O3. The van der Waals surface area contributed by atoms with Gasteiger partial charge in [0.05, 0.1) is 0 Å². The maximum atomic E-state index is 12.1. The van der Waals surface area contributed by atoms with E-state index in [1.807, 2.05) is 6.08 Å². The highest BCUT2D eigenvalue weighted by Gasteiger charge is 2.78. The molecule has 3 nitrogen and oxygen atoms in total. The lowest BCUT2D eigenvalue weighted by Crippen LogP contribution is -2.56. The Morgan fingerprint density at radius 3 is 2.73 bits per heavy atom. The number of carbonyl (C=O) groups is 2. The lowest BCUT2D eigenvalue weighted by molar-refractivity contribution is -0.176. The zero-order valence-corrected chi connectivity index (χ0v) is 16.0. The number of ether oxygens (including phenoxy) is 1. The molecule has 26 heavy (non-hydrogen) atoms. The van der Waals surface area contributed by atoms with Crippen LogP contribution in [0.2, 0.25) is 0 Å². The van der Waals surface area contributed by atoms with E-state index >= 15 is 0 Å². The highest BCUT2D eigenvalue weighted by atomic mass is 16.6. The average molecular weight is 354 g/mol. The van der Waals surface area contributed by atoms with Gasteiger partial charge in [0.25, 0.3) is 0 Å². The molecule has 9 atom stereocenters. The predicted molar refractivity (Wildman–Crippen MR) is 97.1 cm³/mol. The summed E-state index contributed by atoms with van der Waals surface area (Å²) in [6, 6.07) is 0. The molecule has 0 aromatic rings. The number of allylic oxidation sites excluding steroid dienone is 1. The molecule has 0 bridgehead atoms. The standard InChI is InChI=1S/C23H30O3/c1-12-9-13-10-14(24)3-4-15(13)16-5-7-22(2)21(20(12)16)17-11-18(17)23(22)8-6-19(25)26-23/h10,12,15-18,20-21H,3-9,11H2,1-2H3/t12-,15?,16?,17?,18-,20?,21?,22?,23+/m1/s1. The van der Waals surface area contributed by atoms with Crippen molar-refractivity contribution in [3.8, 4) is 0 Å². The molecular weight excluding hydrogens is 324 g/mol. The Morgan fingerprint density at radius 2 is 1.96 bits per heavy atom. The van der Waals surface area contributed by atoms with E-state index in [-0.39, 0.29) is 17.0 Å². The van der Waals surface area contributed by atoms with E-state index in [4.69, 9.17) is 4.74 Å². The first-order chi connectivity index (χ1) is 12.4. The molecule has 1 spiro atoms. The van der Waals surface area contributed by atoms with Crippen LogP contribution in [0, 0.1) is 46.8 Å². The van der Waals surface area contributed by atoms with Crippen molar-refractivity contribution < 1.29 is 14.3 Å². The third-order valence-corrected chi connectivity index (χ3v) is 9.76. The Bertz CT molecular complexity index is 738. The van der Waals surface area contributed by atoms with Gasteiger partial charge in [0, 0.05) is 24.2 Å². The molecule has 0 aromatic heterocycles. The third-order valence-electron chi connectivity index (χ3n) is 9.76. The van der Waals surface area contributed by atoms with Gasteiger partial charge < -0.3 is 4.74 Å². The molecule has 5 fully saturated rings. The Balaban J connectivity index is 1.40. The Hall–Kier alpha value is -1.12. The van der Waals surface area contributed by atoms with Gasteiger partial charge in [0.15, 0.2) is 5.78 Å². The molecule has 1 saturated heterocycles. The van der Waals surface area contributed by atoms with Crippen molar-refractivity contribution in [1.82, 2.24) is 0 Å². The normalized spacial score (nSPS) is 57.0. The number of fused-ring (bicyclic) bond motifs is 9. The van der Waals surface area contributed by atoms with Crippen LogP contribution in [-0.2, 0) is 14.3 Å². The summed E-state index contributed by atoms with van der Waals surface area (Å²) >= 11 is 0. The van der Waals surface area contributed by atoms with Crippen LogP contribution < -0.4 is 0 Å². The zero-order valence-electron chi connectivity index (χ0n) is 16.0. The van der Waals surface area contributed by atoms with Crippen molar-refractivity contribution in [1.29, 1.82) is 0 Å². The second kappa shape index (κ2) is 4.83. The van der Waals surface area contributed by atoms with E-state index in [0.717, 1.165) is 49.4 Å². The summed E-state index contributed by atoms with van der Waals surface area (Å²) in [6.07, 6.45) is 10.3. The lowest BCUT2D eigenvalue weighted by atomic mass is 9.47. The number of rotatable bonds is 0. The highest BCUT2D eigenvalue weighted by molar-refractivity contribution is 5.91. The van der Waals surface area contributed by atoms with E-state index in [1.165, 1.54) is 24.8 Å². The quantitative estimate of drug-likeness (QED) is 0.609. The van der Waals surface area contributed by atoms with E-state index in [0.29, 0.717) is 30.0 Å². The van der Waals surface area contributed by atoms with E-state index < -0.39 is 0 Å². The number of hydrogen-bond donors (Lipinski definition) is 0. The van der Waals surface area contributed by atoms with Crippen molar-refractivity contribution >= 4 is 11.8 Å². The minimum atomic E-state index is -0.136. The molecule has 1 heterocycles. The molecule has 140 valence electrons. The van der Waals surface area contributed by atoms with E-state index in [1.54, 1.807) is 0 Å². The van der Waals surface area contributed by atoms with Crippen LogP contribution in [0.1, 0.15) is 65.2 Å². The van der Waals surface area contributed by atoms with Crippen LogP contribution in [0.15, 0.2) is 11.6 Å². The topological polar surface area (TPSA) is 43.4 Å². The summed E-state index contributed by atoms with van der Waals surface area (Å²) in [6.45, 7) is 4.91. The molecule has 1 aliphatic heterocycles. The fourth-order valence-corrected chi connectivity index (χ4v) is 8.92. The molecule has 0 aromatic carbocycles. The van der Waals surface area contributed by atoms with Crippen LogP contribution in [-0.4, -0.2) is 17.4 Å². The van der Waals surface area contributed by atoms with Gasteiger partial charge in [-0.1, -0.05) is 19.4 Å². The lowest BCUT2D eigenvalue weighted by Gasteiger charge is -2.58. The Morgan fingerprint density at radius 1 is 1.12 bits per heavy atom. The maximum absolute atomic E-state index is 12.1. The van der Waals surface area contributed by atoms with Crippen molar-refractivity contribution in [3.05, 3.63) is 11.6 Å².